The Hall–Kier alpha value is -2.09. The second-order valence-electron chi connectivity index (χ2n) is 3.32. The van der Waals surface area contributed by atoms with Crippen LogP contribution in [0, 0.1) is 0 Å². The van der Waals surface area contributed by atoms with Gasteiger partial charge in [-0.25, -0.2) is 0 Å². The Bertz CT molecular complexity index is 460. The summed E-state index contributed by atoms with van der Waals surface area (Å²) in [5.41, 5.74) is 7.58. The van der Waals surface area contributed by atoms with Crippen LogP contribution in [-0.2, 0) is 0 Å². The first-order valence-corrected chi connectivity index (χ1v) is 5.72. The monoisotopic (exact) mass is 227 g/mol. The molecule has 0 aromatic heterocycles. The third-order valence-corrected chi connectivity index (χ3v) is 2.21. The van der Waals surface area contributed by atoms with Gasteiger partial charge in [0.15, 0.2) is 5.78 Å². The molecule has 2 nitrogen and oxygen atoms in total. The number of ketones is 1. The van der Waals surface area contributed by atoms with Gasteiger partial charge in [-0.3, -0.25) is 4.79 Å². The first kappa shape index (κ1) is 13.0. The predicted octanol–water partition coefficient (Wildman–Crippen LogP) is 3.53. The molecule has 0 spiro atoms. The maximum atomic E-state index is 11.9. The first-order chi connectivity index (χ1) is 8.27. The molecule has 0 aliphatic rings. The van der Waals surface area contributed by atoms with Gasteiger partial charge in [0.1, 0.15) is 0 Å². The minimum absolute atomic E-state index is 0.0237. The van der Waals surface area contributed by atoms with Crippen LogP contribution in [0.5, 0.6) is 0 Å². The highest BCUT2D eigenvalue weighted by Crippen LogP contribution is 2.11. The van der Waals surface area contributed by atoms with E-state index < -0.39 is 0 Å². The molecule has 0 heterocycles. The summed E-state index contributed by atoms with van der Waals surface area (Å²) < 4.78 is 0. The second-order valence-corrected chi connectivity index (χ2v) is 3.32. The highest BCUT2D eigenvalue weighted by Gasteiger charge is 2.06. The van der Waals surface area contributed by atoms with E-state index in [1.165, 1.54) is 0 Å². The summed E-state index contributed by atoms with van der Waals surface area (Å²) in [4.78, 5) is 11.9. The van der Waals surface area contributed by atoms with E-state index in [0.29, 0.717) is 16.8 Å². The van der Waals surface area contributed by atoms with Crippen molar-refractivity contribution < 1.29 is 4.79 Å². The van der Waals surface area contributed by atoms with Crippen molar-refractivity contribution in [1.82, 2.24) is 0 Å². The standard InChI is InChI=1S/C13H11NO.C2H6/c14-12-8-6-11(7-9-12)13(15)10-4-2-1-3-5-10;1-2/h1-9H,14H2;1-2H3. The molecule has 0 saturated carbocycles. The van der Waals surface area contributed by atoms with Gasteiger partial charge in [-0.1, -0.05) is 44.2 Å². The van der Waals surface area contributed by atoms with E-state index in [2.05, 4.69) is 0 Å². The molecule has 0 radical (unpaired) electrons. The zero-order valence-corrected chi connectivity index (χ0v) is 10.2. The molecule has 2 aromatic carbocycles. The predicted molar refractivity (Wildman–Crippen MR) is 72.1 cm³/mol. The van der Waals surface area contributed by atoms with Crippen LogP contribution in [-0.4, -0.2) is 5.78 Å². The van der Waals surface area contributed by atoms with Crippen LogP contribution < -0.4 is 5.73 Å². The molecule has 2 aromatic rings. The number of nitrogens with two attached hydrogens (primary N) is 1. The van der Waals surface area contributed by atoms with Crippen LogP contribution in [0.25, 0.3) is 0 Å². The van der Waals surface area contributed by atoms with E-state index in [1.54, 1.807) is 36.4 Å². The number of hydrogen-bond donors (Lipinski definition) is 1. The molecule has 0 aliphatic carbocycles. The first-order valence-electron chi connectivity index (χ1n) is 5.72. The fourth-order valence-electron chi connectivity index (χ4n) is 1.39. The Morgan fingerprint density at radius 1 is 0.824 bits per heavy atom. The quantitative estimate of drug-likeness (QED) is 0.630. The van der Waals surface area contributed by atoms with E-state index in [-0.39, 0.29) is 5.78 Å². The van der Waals surface area contributed by atoms with Crippen LogP contribution in [0.1, 0.15) is 29.8 Å². The van der Waals surface area contributed by atoms with Crippen molar-refractivity contribution in [1.29, 1.82) is 0 Å². The third kappa shape index (κ3) is 3.45. The number of anilines is 1. The van der Waals surface area contributed by atoms with Gasteiger partial charge in [-0.05, 0) is 24.3 Å². The van der Waals surface area contributed by atoms with Crippen molar-refractivity contribution in [2.45, 2.75) is 13.8 Å². The molecular formula is C15H17NO. The summed E-state index contributed by atoms with van der Waals surface area (Å²) in [7, 11) is 0. The fourth-order valence-corrected chi connectivity index (χ4v) is 1.39. The third-order valence-electron chi connectivity index (χ3n) is 2.21. The zero-order valence-electron chi connectivity index (χ0n) is 10.2. The average Bonchev–Trinajstić information content (AvgIpc) is 2.42. The lowest BCUT2D eigenvalue weighted by Crippen LogP contribution is -2.00. The smallest absolute Gasteiger partial charge is 0.193 e. The minimum atomic E-state index is 0.0237. The van der Waals surface area contributed by atoms with E-state index in [9.17, 15) is 4.79 Å². The number of rotatable bonds is 2. The Morgan fingerprint density at radius 2 is 1.29 bits per heavy atom. The maximum Gasteiger partial charge on any atom is 0.193 e. The zero-order chi connectivity index (χ0) is 12.7. The van der Waals surface area contributed by atoms with E-state index in [0.717, 1.165) is 0 Å². The molecular weight excluding hydrogens is 210 g/mol. The summed E-state index contributed by atoms with van der Waals surface area (Å²) in [5, 5.41) is 0. The van der Waals surface area contributed by atoms with Crippen molar-refractivity contribution >= 4 is 11.5 Å². The molecule has 0 unspecified atom stereocenters. The molecule has 2 rings (SSSR count). The van der Waals surface area contributed by atoms with Gasteiger partial charge in [-0.2, -0.15) is 0 Å². The Balaban J connectivity index is 0.000000686. The highest BCUT2D eigenvalue weighted by molar-refractivity contribution is 6.09. The number of carbonyl (C=O) groups excluding carboxylic acids is 1. The molecule has 0 fully saturated rings. The van der Waals surface area contributed by atoms with Gasteiger partial charge in [0.2, 0.25) is 0 Å². The normalized spacial score (nSPS) is 9.06. The molecule has 2 N–H and O–H groups in total. The van der Waals surface area contributed by atoms with Gasteiger partial charge >= 0.3 is 0 Å². The number of nitrogen functional groups attached to an aromatic ring is 1. The lowest BCUT2D eigenvalue weighted by molar-refractivity contribution is 0.103. The Morgan fingerprint density at radius 3 is 1.82 bits per heavy atom. The average molecular weight is 227 g/mol. The van der Waals surface area contributed by atoms with Crippen molar-refractivity contribution in [2.24, 2.45) is 0 Å². The van der Waals surface area contributed by atoms with Crippen LogP contribution in [0.3, 0.4) is 0 Å². The van der Waals surface area contributed by atoms with Gasteiger partial charge in [0.25, 0.3) is 0 Å². The molecule has 88 valence electrons. The van der Waals surface area contributed by atoms with Crippen LogP contribution in [0.15, 0.2) is 54.6 Å². The van der Waals surface area contributed by atoms with Crippen molar-refractivity contribution in [2.75, 3.05) is 5.73 Å². The van der Waals surface area contributed by atoms with Crippen LogP contribution >= 0.6 is 0 Å². The lowest BCUT2D eigenvalue weighted by atomic mass is 10.0. The summed E-state index contributed by atoms with van der Waals surface area (Å²) in [5.74, 6) is 0.0237. The molecule has 0 amide bonds. The van der Waals surface area contributed by atoms with Gasteiger partial charge in [0.05, 0.1) is 0 Å². The Kier molecular flexibility index (Phi) is 4.95. The topological polar surface area (TPSA) is 43.1 Å². The SMILES string of the molecule is CC.Nc1ccc(C(=O)c2ccccc2)cc1. The van der Waals surface area contributed by atoms with E-state index in [4.69, 9.17) is 5.73 Å². The van der Waals surface area contributed by atoms with Crippen molar-refractivity contribution in [3.63, 3.8) is 0 Å². The van der Waals surface area contributed by atoms with Crippen molar-refractivity contribution in [3.8, 4) is 0 Å². The molecule has 0 aliphatic heterocycles. The van der Waals surface area contributed by atoms with Crippen molar-refractivity contribution in [3.05, 3.63) is 65.7 Å². The fraction of sp³-hybridized carbons (Fsp3) is 0.133. The summed E-state index contributed by atoms with van der Waals surface area (Å²) in [6.45, 7) is 4.00. The lowest BCUT2D eigenvalue weighted by Gasteiger charge is -2.00. The van der Waals surface area contributed by atoms with Crippen LogP contribution in [0.2, 0.25) is 0 Å². The van der Waals surface area contributed by atoms with Crippen LogP contribution in [0.4, 0.5) is 5.69 Å². The molecule has 0 bridgehead atoms. The van der Waals surface area contributed by atoms with Gasteiger partial charge in [-0.15, -0.1) is 0 Å². The summed E-state index contributed by atoms with van der Waals surface area (Å²) >= 11 is 0. The number of carbonyl (C=O) groups is 1. The van der Waals surface area contributed by atoms with E-state index in [1.807, 2.05) is 32.0 Å². The molecule has 0 saturated heterocycles. The summed E-state index contributed by atoms with van der Waals surface area (Å²) in [6.07, 6.45) is 0. The maximum absolute atomic E-state index is 11.9. The minimum Gasteiger partial charge on any atom is -0.399 e. The summed E-state index contributed by atoms with van der Waals surface area (Å²) in [6, 6.07) is 16.1. The highest BCUT2D eigenvalue weighted by atomic mass is 16.1. The Labute approximate surface area is 102 Å². The molecule has 17 heavy (non-hydrogen) atoms. The van der Waals surface area contributed by atoms with Gasteiger partial charge in [0, 0.05) is 16.8 Å². The number of benzene rings is 2. The van der Waals surface area contributed by atoms with Gasteiger partial charge < -0.3 is 5.73 Å². The second kappa shape index (κ2) is 6.48. The largest absolute Gasteiger partial charge is 0.399 e. The number of hydrogen-bond acceptors (Lipinski definition) is 2. The molecule has 2 heteroatoms. The molecule has 0 atom stereocenters. The van der Waals surface area contributed by atoms with E-state index >= 15 is 0 Å².